The molecule has 5 heteroatoms. The summed E-state index contributed by atoms with van der Waals surface area (Å²) in [4.78, 5) is 4.08. The van der Waals surface area contributed by atoms with Gasteiger partial charge in [0.1, 0.15) is 5.02 Å². The number of rotatable bonds is 5. The molecule has 0 spiro atoms. The van der Waals surface area contributed by atoms with E-state index >= 15 is 0 Å². The molecule has 0 saturated carbocycles. The highest BCUT2D eigenvalue weighted by Gasteiger charge is 2.10. The Morgan fingerprint density at radius 2 is 2.11 bits per heavy atom. The number of hydrogen-bond donors (Lipinski definition) is 1. The molecule has 2 N–H and O–H groups in total. The summed E-state index contributed by atoms with van der Waals surface area (Å²) in [5.41, 5.74) is 6.59. The van der Waals surface area contributed by atoms with Gasteiger partial charge in [-0.15, -0.1) is 0 Å². The molecule has 4 nitrogen and oxygen atoms in total. The first kappa shape index (κ1) is 13.6. The van der Waals surface area contributed by atoms with E-state index < -0.39 is 0 Å². The van der Waals surface area contributed by atoms with Crippen LogP contribution in [0.1, 0.15) is 12.5 Å². The van der Waals surface area contributed by atoms with Crippen LogP contribution in [-0.2, 0) is 6.54 Å². The highest BCUT2D eigenvalue weighted by molar-refractivity contribution is 6.31. The van der Waals surface area contributed by atoms with Crippen LogP contribution in [0.2, 0.25) is 5.02 Å². The Bertz CT molecular complexity index is 561. The summed E-state index contributed by atoms with van der Waals surface area (Å²) >= 11 is 6.01. The quantitative estimate of drug-likeness (QED) is 0.911. The molecule has 1 aromatic heterocycles. The van der Waals surface area contributed by atoms with Gasteiger partial charge in [-0.2, -0.15) is 0 Å². The molecule has 100 valence electrons. The van der Waals surface area contributed by atoms with Crippen molar-refractivity contribution in [1.29, 1.82) is 0 Å². The third kappa shape index (κ3) is 3.36. The Morgan fingerprint density at radius 3 is 2.79 bits per heavy atom. The highest BCUT2D eigenvalue weighted by Crippen LogP contribution is 2.34. The number of aromatic nitrogens is 1. The van der Waals surface area contributed by atoms with Crippen LogP contribution in [0, 0.1) is 0 Å². The third-order valence-corrected chi connectivity index (χ3v) is 2.76. The van der Waals surface area contributed by atoms with Gasteiger partial charge in [-0.1, -0.05) is 17.7 Å². The van der Waals surface area contributed by atoms with Crippen molar-refractivity contribution in [2.45, 2.75) is 13.5 Å². The average molecular weight is 279 g/mol. The second-order valence-corrected chi connectivity index (χ2v) is 4.22. The zero-order valence-corrected chi connectivity index (χ0v) is 11.4. The van der Waals surface area contributed by atoms with Crippen molar-refractivity contribution in [3.63, 3.8) is 0 Å². The predicted octanol–water partition coefficient (Wildman–Crippen LogP) is 3.38. The lowest BCUT2D eigenvalue weighted by Gasteiger charge is -2.12. The van der Waals surface area contributed by atoms with Crippen molar-refractivity contribution in [3.05, 3.63) is 47.1 Å². The second kappa shape index (κ2) is 6.41. The Morgan fingerprint density at radius 1 is 1.26 bits per heavy atom. The van der Waals surface area contributed by atoms with Gasteiger partial charge >= 0.3 is 0 Å². The molecular weight excluding hydrogens is 264 g/mol. The topological polar surface area (TPSA) is 57.4 Å². The number of halogens is 1. The predicted molar refractivity (Wildman–Crippen MR) is 74.8 cm³/mol. The summed E-state index contributed by atoms with van der Waals surface area (Å²) in [7, 11) is 0. The van der Waals surface area contributed by atoms with Gasteiger partial charge in [-0.05, 0) is 36.8 Å². The Balaban J connectivity index is 2.31. The van der Waals surface area contributed by atoms with Crippen molar-refractivity contribution in [1.82, 2.24) is 4.98 Å². The van der Waals surface area contributed by atoms with Crippen LogP contribution in [0.3, 0.4) is 0 Å². The van der Waals surface area contributed by atoms with E-state index in [0.29, 0.717) is 35.6 Å². The molecule has 0 saturated heterocycles. The summed E-state index contributed by atoms with van der Waals surface area (Å²) in [6.45, 7) is 2.90. The highest BCUT2D eigenvalue weighted by atomic mass is 35.5. The first-order chi connectivity index (χ1) is 9.24. The molecule has 2 rings (SSSR count). The van der Waals surface area contributed by atoms with E-state index in [-0.39, 0.29) is 0 Å². The van der Waals surface area contributed by atoms with Crippen LogP contribution in [0.25, 0.3) is 0 Å². The molecule has 2 aromatic rings. The van der Waals surface area contributed by atoms with Crippen LogP contribution in [0.5, 0.6) is 17.4 Å². The standard InChI is InChI=1S/C14H15ClN2O2/c1-2-18-13-8-10(9-16)5-6-12(13)19-14-11(15)4-3-7-17-14/h3-8H,2,9,16H2,1H3. The van der Waals surface area contributed by atoms with Gasteiger partial charge in [0, 0.05) is 12.7 Å². The lowest BCUT2D eigenvalue weighted by Crippen LogP contribution is -2.00. The molecule has 0 aliphatic rings. The van der Waals surface area contributed by atoms with Crippen LogP contribution >= 0.6 is 11.6 Å². The van der Waals surface area contributed by atoms with Crippen LogP contribution < -0.4 is 15.2 Å². The van der Waals surface area contributed by atoms with Gasteiger partial charge in [0.25, 0.3) is 0 Å². The van der Waals surface area contributed by atoms with E-state index in [1.165, 1.54) is 0 Å². The molecular formula is C14H15ClN2O2. The van der Waals surface area contributed by atoms with Gasteiger partial charge in [0.05, 0.1) is 6.61 Å². The minimum Gasteiger partial charge on any atom is -0.490 e. The number of hydrogen-bond acceptors (Lipinski definition) is 4. The maximum absolute atomic E-state index is 6.01. The Kier molecular flexibility index (Phi) is 4.60. The fraction of sp³-hybridized carbons (Fsp3) is 0.214. The fourth-order valence-electron chi connectivity index (χ4n) is 1.58. The molecule has 1 heterocycles. The Hall–Kier alpha value is -1.78. The van der Waals surface area contributed by atoms with Crippen molar-refractivity contribution >= 4 is 11.6 Å². The zero-order chi connectivity index (χ0) is 13.7. The first-order valence-electron chi connectivity index (χ1n) is 5.98. The van der Waals surface area contributed by atoms with Crippen LogP contribution in [-0.4, -0.2) is 11.6 Å². The summed E-state index contributed by atoms with van der Waals surface area (Å²) in [5, 5.41) is 0.452. The molecule has 0 bridgehead atoms. The number of benzene rings is 1. The van der Waals surface area contributed by atoms with E-state index in [4.69, 9.17) is 26.8 Å². The molecule has 1 aromatic carbocycles. The third-order valence-electron chi connectivity index (χ3n) is 2.48. The van der Waals surface area contributed by atoms with Crippen molar-refractivity contribution in [2.75, 3.05) is 6.61 Å². The first-order valence-corrected chi connectivity index (χ1v) is 6.36. The normalized spacial score (nSPS) is 10.3. The average Bonchev–Trinajstić information content (AvgIpc) is 2.43. The molecule has 0 aliphatic heterocycles. The largest absolute Gasteiger partial charge is 0.490 e. The maximum atomic E-state index is 6.01. The fourth-order valence-corrected chi connectivity index (χ4v) is 1.74. The smallest absolute Gasteiger partial charge is 0.238 e. The molecule has 19 heavy (non-hydrogen) atoms. The molecule has 0 atom stereocenters. The molecule has 0 unspecified atom stereocenters. The number of nitrogens with zero attached hydrogens (tertiary/aromatic N) is 1. The summed E-state index contributed by atoms with van der Waals surface area (Å²) in [6.07, 6.45) is 1.62. The van der Waals surface area contributed by atoms with Gasteiger partial charge in [0.15, 0.2) is 11.5 Å². The van der Waals surface area contributed by atoms with Crippen molar-refractivity contribution in [2.24, 2.45) is 5.73 Å². The number of ether oxygens (including phenoxy) is 2. The summed E-state index contributed by atoms with van der Waals surface area (Å²) in [6, 6.07) is 9.01. The lowest BCUT2D eigenvalue weighted by atomic mass is 10.2. The summed E-state index contributed by atoms with van der Waals surface area (Å²) < 4.78 is 11.2. The van der Waals surface area contributed by atoms with E-state index in [1.54, 1.807) is 24.4 Å². The number of nitrogens with two attached hydrogens (primary N) is 1. The van der Waals surface area contributed by atoms with Crippen LogP contribution in [0.15, 0.2) is 36.5 Å². The van der Waals surface area contributed by atoms with E-state index in [1.807, 2.05) is 19.1 Å². The minimum atomic E-state index is 0.352. The second-order valence-electron chi connectivity index (χ2n) is 3.81. The number of pyridine rings is 1. The zero-order valence-electron chi connectivity index (χ0n) is 10.6. The SMILES string of the molecule is CCOc1cc(CN)ccc1Oc1ncccc1Cl. The van der Waals surface area contributed by atoms with Crippen LogP contribution in [0.4, 0.5) is 0 Å². The Labute approximate surface area is 117 Å². The minimum absolute atomic E-state index is 0.352. The lowest BCUT2D eigenvalue weighted by molar-refractivity contribution is 0.319. The van der Waals surface area contributed by atoms with Gasteiger partial charge in [0.2, 0.25) is 5.88 Å². The molecule has 0 amide bonds. The van der Waals surface area contributed by atoms with E-state index in [9.17, 15) is 0 Å². The molecule has 0 radical (unpaired) electrons. The van der Waals surface area contributed by atoms with E-state index in [2.05, 4.69) is 4.98 Å². The van der Waals surface area contributed by atoms with Gasteiger partial charge in [-0.25, -0.2) is 4.98 Å². The van der Waals surface area contributed by atoms with Crippen molar-refractivity contribution < 1.29 is 9.47 Å². The molecule has 0 aliphatic carbocycles. The molecule has 0 fully saturated rings. The summed E-state index contributed by atoms with van der Waals surface area (Å²) in [5.74, 6) is 1.55. The van der Waals surface area contributed by atoms with Crippen molar-refractivity contribution in [3.8, 4) is 17.4 Å². The van der Waals surface area contributed by atoms with Gasteiger partial charge < -0.3 is 15.2 Å². The monoisotopic (exact) mass is 278 g/mol. The van der Waals surface area contributed by atoms with Gasteiger partial charge in [-0.3, -0.25) is 0 Å². The maximum Gasteiger partial charge on any atom is 0.238 e. The van der Waals surface area contributed by atoms with E-state index in [0.717, 1.165) is 5.56 Å².